The van der Waals surface area contributed by atoms with E-state index in [1.165, 1.54) is 12.1 Å². The third kappa shape index (κ3) is 5.74. The van der Waals surface area contributed by atoms with E-state index in [1.54, 1.807) is 11.0 Å². The van der Waals surface area contributed by atoms with Gasteiger partial charge in [-0.25, -0.2) is 13.6 Å². The molecular formula is C33H45F2N5O2. The van der Waals surface area contributed by atoms with Gasteiger partial charge in [0.05, 0.1) is 6.04 Å². The van der Waals surface area contributed by atoms with Crippen molar-refractivity contribution in [3.05, 3.63) is 69.1 Å². The summed E-state index contributed by atoms with van der Waals surface area (Å²) in [5.41, 5.74) is 2.06. The van der Waals surface area contributed by atoms with Crippen molar-refractivity contribution in [3.8, 4) is 0 Å². The van der Waals surface area contributed by atoms with Gasteiger partial charge in [-0.1, -0.05) is 33.6 Å². The Labute approximate surface area is 247 Å². The predicted octanol–water partition coefficient (Wildman–Crippen LogP) is 5.46. The van der Waals surface area contributed by atoms with Crippen LogP contribution in [0, 0.1) is 11.6 Å². The second kappa shape index (κ2) is 11.4. The number of halogens is 2. The molecule has 42 heavy (non-hydrogen) atoms. The second-order valence-corrected chi connectivity index (χ2v) is 13.8. The van der Waals surface area contributed by atoms with Gasteiger partial charge in [0.1, 0.15) is 11.6 Å². The highest BCUT2D eigenvalue weighted by Gasteiger charge is 2.47. The number of rotatable bonds is 6. The van der Waals surface area contributed by atoms with E-state index >= 15 is 4.39 Å². The second-order valence-electron chi connectivity index (χ2n) is 13.8. The number of aromatic amines is 1. The molecule has 2 aromatic rings. The molecule has 2 atom stereocenters. The number of carbonyl (C=O) groups excluding carboxylic acids is 1. The van der Waals surface area contributed by atoms with Crippen LogP contribution in [0.25, 0.3) is 0 Å². The molecule has 4 aliphatic rings. The minimum Gasteiger partial charge on any atom is -0.364 e. The zero-order valence-corrected chi connectivity index (χ0v) is 25.2. The number of benzene rings is 1. The first-order valence-electron chi connectivity index (χ1n) is 15.8. The first-order valence-corrected chi connectivity index (χ1v) is 15.8. The van der Waals surface area contributed by atoms with Gasteiger partial charge in [0.25, 0.3) is 0 Å². The zero-order chi connectivity index (χ0) is 29.6. The topological polar surface area (TPSA) is 71.7 Å². The van der Waals surface area contributed by atoms with Crippen molar-refractivity contribution in [3.63, 3.8) is 0 Å². The van der Waals surface area contributed by atoms with Crippen molar-refractivity contribution < 1.29 is 13.6 Å². The summed E-state index contributed by atoms with van der Waals surface area (Å²) in [6, 6.07) is 5.06. The van der Waals surface area contributed by atoms with E-state index in [1.807, 2.05) is 11.1 Å². The lowest BCUT2D eigenvalue weighted by Gasteiger charge is -2.51. The van der Waals surface area contributed by atoms with Crippen LogP contribution in [0.4, 0.5) is 13.6 Å². The van der Waals surface area contributed by atoms with Crippen LogP contribution in [-0.4, -0.2) is 69.5 Å². The molecule has 0 radical (unpaired) electrons. The summed E-state index contributed by atoms with van der Waals surface area (Å²) < 4.78 is 29.4. The summed E-state index contributed by atoms with van der Waals surface area (Å²) in [7, 11) is 0. The average Bonchev–Trinajstić information content (AvgIpc) is 3.55. The van der Waals surface area contributed by atoms with Crippen LogP contribution in [0.1, 0.15) is 95.0 Å². The summed E-state index contributed by atoms with van der Waals surface area (Å²) in [6.45, 7) is 9.19. The van der Waals surface area contributed by atoms with Crippen molar-refractivity contribution in [2.24, 2.45) is 0 Å². The van der Waals surface area contributed by atoms with Crippen LogP contribution in [0.2, 0.25) is 0 Å². The highest BCUT2D eigenvalue weighted by Crippen LogP contribution is 2.46. The third-order valence-electron chi connectivity index (χ3n) is 10.3. The summed E-state index contributed by atoms with van der Waals surface area (Å²) in [4.78, 5) is 36.8. The van der Waals surface area contributed by atoms with Crippen molar-refractivity contribution in [1.82, 2.24) is 25.0 Å². The SMILES string of the molecule is CC(C)N[C@@H]1CCN(C(=O)N2CCN(Cc3c[nH]c(C4(C)CC4)cc3=O)C3(CCCC3)C2)[C@H](c2cc(F)ccc2F)C1. The summed E-state index contributed by atoms with van der Waals surface area (Å²) in [5.74, 6) is -0.973. The van der Waals surface area contributed by atoms with Gasteiger partial charge in [-0.15, -0.1) is 0 Å². The maximum absolute atomic E-state index is 15.1. The molecule has 2 aliphatic heterocycles. The lowest BCUT2D eigenvalue weighted by Crippen LogP contribution is -2.64. The van der Waals surface area contributed by atoms with E-state index in [0.717, 1.165) is 62.3 Å². The molecule has 0 bridgehead atoms. The molecule has 7 nitrogen and oxygen atoms in total. The molecule has 2 saturated carbocycles. The van der Waals surface area contributed by atoms with Crippen LogP contribution in [0.5, 0.6) is 0 Å². The number of H-pyrrole nitrogens is 1. The fourth-order valence-electron chi connectivity index (χ4n) is 7.63. The van der Waals surface area contributed by atoms with E-state index in [2.05, 4.69) is 36.0 Å². The van der Waals surface area contributed by atoms with Gasteiger partial charge in [-0.2, -0.15) is 0 Å². The zero-order valence-electron chi connectivity index (χ0n) is 25.2. The van der Waals surface area contributed by atoms with Gasteiger partial charge < -0.3 is 20.1 Å². The van der Waals surface area contributed by atoms with Crippen LogP contribution in [-0.2, 0) is 12.0 Å². The van der Waals surface area contributed by atoms with Crippen molar-refractivity contribution in [2.45, 2.75) is 108 Å². The largest absolute Gasteiger partial charge is 0.364 e. The first kappa shape index (κ1) is 29.3. The molecule has 2 amide bonds. The number of piperidine rings is 1. The van der Waals surface area contributed by atoms with Crippen molar-refractivity contribution in [2.75, 3.05) is 26.2 Å². The predicted molar refractivity (Wildman–Crippen MR) is 159 cm³/mol. The quantitative estimate of drug-likeness (QED) is 0.476. The molecule has 4 fully saturated rings. The lowest BCUT2D eigenvalue weighted by atomic mass is 9.89. The minimum absolute atomic E-state index is 0.0846. The Morgan fingerprint density at radius 1 is 1.10 bits per heavy atom. The highest BCUT2D eigenvalue weighted by molar-refractivity contribution is 5.75. The fraction of sp³-hybridized carbons (Fsp3) is 0.636. The molecule has 1 aromatic carbocycles. The van der Waals surface area contributed by atoms with E-state index < -0.39 is 17.7 Å². The number of hydrogen-bond acceptors (Lipinski definition) is 4. The first-order chi connectivity index (χ1) is 20.1. The summed E-state index contributed by atoms with van der Waals surface area (Å²) >= 11 is 0. The lowest BCUT2D eigenvalue weighted by molar-refractivity contribution is -0.00257. The summed E-state index contributed by atoms with van der Waals surface area (Å²) in [6.07, 6.45) is 9.56. The smallest absolute Gasteiger partial charge is 0.320 e. The number of hydrogen-bond donors (Lipinski definition) is 2. The van der Waals surface area contributed by atoms with Crippen molar-refractivity contribution in [1.29, 1.82) is 0 Å². The number of likely N-dealkylation sites (tertiary alicyclic amines) is 1. The Morgan fingerprint density at radius 3 is 2.55 bits per heavy atom. The molecule has 0 unspecified atom stereocenters. The Balaban J connectivity index is 1.21. The highest BCUT2D eigenvalue weighted by atomic mass is 19.1. The molecule has 1 spiro atoms. The maximum atomic E-state index is 15.1. The van der Waals surface area contributed by atoms with Gasteiger partial charge in [-0.3, -0.25) is 9.69 Å². The molecule has 228 valence electrons. The average molecular weight is 582 g/mol. The number of pyridine rings is 1. The van der Waals surface area contributed by atoms with Gasteiger partial charge in [0, 0.05) is 84.8 Å². The molecule has 6 rings (SSSR count). The molecular weight excluding hydrogens is 536 g/mol. The van der Waals surface area contributed by atoms with Crippen LogP contribution >= 0.6 is 0 Å². The number of carbonyl (C=O) groups is 1. The molecule has 2 aliphatic carbocycles. The number of aromatic nitrogens is 1. The molecule has 3 heterocycles. The Morgan fingerprint density at radius 2 is 1.86 bits per heavy atom. The maximum Gasteiger partial charge on any atom is 0.320 e. The number of piperazine rings is 1. The van der Waals surface area contributed by atoms with E-state index in [9.17, 15) is 14.0 Å². The number of nitrogens with one attached hydrogen (secondary N) is 2. The Bertz CT molecular complexity index is 1370. The Kier molecular flexibility index (Phi) is 7.94. The monoisotopic (exact) mass is 581 g/mol. The number of amides is 2. The van der Waals surface area contributed by atoms with Crippen LogP contribution in [0.3, 0.4) is 0 Å². The van der Waals surface area contributed by atoms with E-state index in [0.29, 0.717) is 39.1 Å². The van der Waals surface area contributed by atoms with Crippen LogP contribution < -0.4 is 10.7 Å². The third-order valence-corrected chi connectivity index (χ3v) is 10.3. The van der Waals surface area contributed by atoms with Gasteiger partial charge in [0.15, 0.2) is 5.43 Å². The van der Waals surface area contributed by atoms with Crippen LogP contribution in [0.15, 0.2) is 35.3 Å². The Hall–Kier alpha value is -2.78. The van der Waals surface area contributed by atoms with Crippen molar-refractivity contribution >= 4 is 6.03 Å². The van der Waals surface area contributed by atoms with Gasteiger partial charge in [0.2, 0.25) is 0 Å². The molecule has 1 aromatic heterocycles. The fourth-order valence-corrected chi connectivity index (χ4v) is 7.63. The van der Waals surface area contributed by atoms with E-state index in [-0.39, 0.29) is 40.1 Å². The minimum atomic E-state index is -0.541. The standard InChI is InChI=1S/C33H45F2N5O2/c1-22(2)37-25-8-13-40(28(17-25)26-16-24(34)6-7-27(26)35)31(42)38-14-15-39(33(21-38)9-4-5-10-33)20-23-19-36-30(18-29(23)41)32(3)11-12-32/h6-7,16,18-19,22,25,28,37H,4-5,8-15,17,20-21H2,1-3H3,(H,36,41)/t25-,28+/m1/s1. The van der Waals surface area contributed by atoms with Gasteiger partial charge >= 0.3 is 6.03 Å². The number of nitrogens with zero attached hydrogens (tertiary/aromatic N) is 3. The van der Waals surface area contributed by atoms with Gasteiger partial charge in [-0.05, 0) is 56.7 Å². The molecule has 9 heteroatoms. The number of urea groups is 1. The molecule has 2 N–H and O–H groups in total. The van der Waals surface area contributed by atoms with E-state index in [4.69, 9.17) is 0 Å². The normalized spacial score (nSPS) is 25.4. The molecule has 2 saturated heterocycles. The summed E-state index contributed by atoms with van der Waals surface area (Å²) in [5, 5.41) is 3.54.